The number of nitrogens with zero attached hydrogens (tertiary/aromatic N) is 3. The molecule has 3 saturated carbocycles. The summed E-state index contributed by atoms with van der Waals surface area (Å²) >= 11 is 0. The van der Waals surface area contributed by atoms with Gasteiger partial charge >= 0.3 is 0 Å². The van der Waals surface area contributed by atoms with Crippen LogP contribution in [0, 0.1) is 17.2 Å². The van der Waals surface area contributed by atoms with E-state index in [9.17, 15) is 18.5 Å². The number of hydrogen-bond donors (Lipinski definition) is 1. The van der Waals surface area contributed by atoms with Crippen LogP contribution < -0.4 is 10.2 Å². The van der Waals surface area contributed by atoms with Gasteiger partial charge in [-0.2, -0.15) is 5.26 Å². The molecule has 6 rings (SSSR count). The molecular formula is C29H36N4O5S. The van der Waals surface area contributed by atoms with Gasteiger partial charge in [-0.3, -0.25) is 4.79 Å². The highest BCUT2D eigenvalue weighted by atomic mass is 32.2. The number of hydrogen-bond acceptors (Lipinski definition) is 8. The SMILES string of the molecule is COC1CC(c2nc(-c3ccc(N4CCS(=O)(=O)CC4)cc3)c([C@@H]3CCCC[C@H]3C(=O)NC3(C#N)CC3)o2)C1. The highest BCUT2D eigenvalue weighted by Gasteiger charge is 2.47. The molecule has 3 aliphatic carbocycles. The summed E-state index contributed by atoms with van der Waals surface area (Å²) in [5, 5.41) is 12.6. The lowest BCUT2D eigenvalue weighted by Crippen LogP contribution is -2.42. The molecule has 1 saturated heterocycles. The number of anilines is 1. The lowest BCUT2D eigenvalue weighted by atomic mass is 9.76. The first-order chi connectivity index (χ1) is 18.8. The third-order valence-electron chi connectivity index (χ3n) is 9.06. The molecular weight excluding hydrogens is 516 g/mol. The fourth-order valence-electron chi connectivity index (χ4n) is 6.22. The maximum atomic E-state index is 13.4. The Morgan fingerprint density at radius 2 is 1.85 bits per heavy atom. The second-order valence-electron chi connectivity index (χ2n) is 11.7. The molecule has 2 atom stereocenters. The van der Waals surface area contributed by atoms with Gasteiger partial charge in [0.15, 0.2) is 15.7 Å². The van der Waals surface area contributed by atoms with E-state index >= 15 is 0 Å². The second-order valence-corrected chi connectivity index (χ2v) is 14.0. The van der Waals surface area contributed by atoms with Crippen molar-refractivity contribution in [1.82, 2.24) is 10.3 Å². The fourth-order valence-corrected chi connectivity index (χ4v) is 7.42. The quantitative estimate of drug-likeness (QED) is 0.548. The number of benzene rings is 1. The number of rotatable bonds is 7. The molecule has 39 heavy (non-hydrogen) atoms. The number of carbonyl (C=O) groups excluding carboxylic acids is 1. The van der Waals surface area contributed by atoms with Gasteiger partial charge in [-0.25, -0.2) is 13.4 Å². The number of ether oxygens (including phenoxy) is 1. The van der Waals surface area contributed by atoms with E-state index in [-0.39, 0.29) is 41.3 Å². The maximum absolute atomic E-state index is 13.4. The van der Waals surface area contributed by atoms with E-state index in [1.807, 2.05) is 24.3 Å². The predicted molar refractivity (Wildman–Crippen MR) is 146 cm³/mol. The summed E-state index contributed by atoms with van der Waals surface area (Å²) in [4.78, 5) is 20.5. The minimum Gasteiger partial charge on any atom is -0.444 e. The number of methoxy groups -OCH3 is 1. The van der Waals surface area contributed by atoms with Crippen LogP contribution in [0.25, 0.3) is 11.3 Å². The van der Waals surface area contributed by atoms with Gasteiger partial charge in [0.05, 0.1) is 23.7 Å². The number of nitrogens with one attached hydrogen (secondary N) is 1. The van der Waals surface area contributed by atoms with Crippen LogP contribution >= 0.6 is 0 Å². The predicted octanol–water partition coefficient (Wildman–Crippen LogP) is 3.91. The number of sulfone groups is 1. The first-order valence-corrected chi connectivity index (χ1v) is 15.9. The van der Waals surface area contributed by atoms with E-state index in [0.717, 1.165) is 61.2 Å². The van der Waals surface area contributed by atoms with Crippen molar-refractivity contribution in [3.63, 3.8) is 0 Å². The van der Waals surface area contributed by atoms with Crippen molar-refractivity contribution >= 4 is 21.4 Å². The van der Waals surface area contributed by atoms with Crippen molar-refractivity contribution in [2.45, 2.75) is 74.8 Å². The summed E-state index contributed by atoms with van der Waals surface area (Å²) in [6.45, 7) is 0.985. The molecule has 0 bridgehead atoms. The average Bonchev–Trinajstić information content (AvgIpc) is 3.56. The van der Waals surface area contributed by atoms with Crippen molar-refractivity contribution in [3.05, 3.63) is 35.9 Å². The Morgan fingerprint density at radius 1 is 1.15 bits per heavy atom. The minimum absolute atomic E-state index is 0.0545. The van der Waals surface area contributed by atoms with E-state index in [1.165, 1.54) is 0 Å². The third-order valence-corrected chi connectivity index (χ3v) is 10.7. The summed E-state index contributed by atoms with van der Waals surface area (Å²) in [5.41, 5.74) is 2.00. The molecule has 9 nitrogen and oxygen atoms in total. The van der Waals surface area contributed by atoms with Gasteiger partial charge in [0.25, 0.3) is 0 Å². The van der Waals surface area contributed by atoms with Crippen LogP contribution in [-0.4, -0.2) is 62.7 Å². The Balaban J connectivity index is 1.29. The standard InChI is InChI=1S/C29H36N4O5S/c1-37-22-16-20(17-22)28-31-25(19-6-8-21(9-7-19)33-12-14-39(35,36)15-13-33)26(38-28)23-4-2-3-5-24(23)27(34)32-29(18-30)10-11-29/h6-9,20,22-24H,2-5,10-17H2,1H3,(H,32,34)/t20?,22?,23-,24-/m1/s1. The molecule has 2 heterocycles. The van der Waals surface area contributed by atoms with Crippen LogP contribution in [0.3, 0.4) is 0 Å². The Labute approximate surface area is 229 Å². The average molecular weight is 553 g/mol. The first-order valence-electron chi connectivity index (χ1n) is 14.1. The molecule has 10 heteroatoms. The molecule has 0 radical (unpaired) electrons. The number of oxazole rings is 1. The molecule has 0 unspecified atom stereocenters. The molecule has 1 aliphatic heterocycles. The van der Waals surface area contributed by atoms with E-state index in [4.69, 9.17) is 14.1 Å². The summed E-state index contributed by atoms with van der Waals surface area (Å²) in [6.07, 6.45) is 6.96. The van der Waals surface area contributed by atoms with Gasteiger partial charge in [0.2, 0.25) is 5.91 Å². The molecule has 1 amide bonds. The van der Waals surface area contributed by atoms with Gasteiger partial charge < -0.3 is 19.4 Å². The van der Waals surface area contributed by atoms with E-state index in [1.54, 1.807) is 7.11 Å². The van der Waals surface area contributed by atoms with Crippen molar-refractivity contribution in [2.75, 3.05) is 36.6 Å². The summed E-state index contributed by atoms with van der Waals surface area (Å²) < 4.78 is 35.7. The number of amides is 1. The smallest absolute Gasteiger partial charge is 0.225 e. The van der Waals surface area contributed by atoms with Crippen LogP contribution in [0.1, 0.15) is 74.9 Å². The van der Waals surface area contributed by atoms with Crippen molar-refractivity contribution in [2.24, 2.45) is 5.92 Å². The molecule has 1 aromatic heterocycles. The topological polar surface area (TPSA) is 126 Å². The zero-order chi connectivity index (χ0) is 27.2. The van der Waals surface area contributed by atoms with E-state index in [0.29, 0.717) is 31.8 Å². The summed E-state index contributed by atoms with van der Waals surface area (Å²) in [5.74, 6) is 1.61. The van der Waals surface area contributed by atoms with Crippen LogP contribution in [0.4, 0.5) is 5.69 Å². The van der Waals surface area contributed by atoms with Gasteiger partial charge in [0, 0.05) is 49.2 Å². The number of carbonyl (C=O) groups is 1. The van der Waals surface area contributed by atoms with Gasteiger partial charge in [0.1, 0.15) is 17.0 Å². The highest BCUT2D eigenvalue weighted by Crippen LogP contribution is 2.46. The zero-order valence-corrected chi connectivity index (χ0v) is 23.2. The maximum Gasteiger partial charge on any atom is 0.225 e. The van der Waals surface area contributed by atoms with Crippen LogP contribution in [0.5, 0.6) is 0 Å². The molecule has 1 N–H and O–H groups in total. The lowest BCUT2D eigenvalue weighted by Gasteiger charge is -2.32. The van der Waals surface area contributed by atoms with Crippen molar-refractivity contribution in [1.29, 1.82) is 5.26 Å². The molecule has 4 fully saturated rings. The Bertz CT molecular complexity index is 1360. The lowest BCUT2D eigenvalue weighted by molar-refractivity contribution is -0.127. The van der Waals surface area contributed by atoms with Crippen molar-refractivity contribution in [3.8, 4) is 17.3 Å². The zero-order valence-electron chi connectivity index (χ0n) is 22.4. The normalized spacial score (nSPS) is 29.2. The Hall–Kier alpha value is -2.90. The van der Waals surface area contributed by atoms with Crippen LogP contribution in [-0.2, 0) is 19.4 Å². The largest absolute Gasteiger partial charge is 0.444 e. The molecule has 4 aliphatic rings. The summed E-state index contributed by atoms with van der Waals surface area (Å²) in [7, 11) is -1.22. The Morgan fingerprint density at radius 3 is 2.49 bits per heavy atom. The monoisotopic (exact) mass is 552 g/mol. The van der Waals surface area contributed by atoms with Gasteiger partial charge in [-0.15, -0.1) is 0 Å². The molecule has 0 spiro atoms. The number of aromatic nitrogens is 1. The summed E-state index contributed by atoms with van der Waals surface area (Å²) in [6, 6.07) is 10.4. The Kier molecular flexibility index (Phi) is 6.92. The van der Waals surface area contributed by atoms with Crippen LogP contribution in [0.15, 0.2) is 28.7 Å². The van der Waals surface area contributed by atoms with Gasteiger partial charge in [-0.1, -0.05) is 25.0 Å². The third kappa shape index (κ3) is 5.31. The molecule has 2 aromatic rings. The van der Waals surface area contributed by atoms with E-state index < -0.39 is 15.4 Å². The van der Waals surface area contributed by atoms with Crippen molar-refractivity contribution < 1.29 is 22.4 Å². The minimum atomic E-state index is -2.95. The highest BCUT2D eigenvalue weighted by molar-refractivity contribution is 7.91. The first kappa shape index (κ1) is 26.3. The van der Waals surface area contributed by atoms with Crippen LogP contribution in [0.2, 0.25) is 0 Å². The fraction of sp³-hybridized carbons (Fsp3) is 0.621. The molecule has 208 valence electrons. The molecule has 1 aromatic carbocycles. The van der Waals surface area contributed by atoms with Gasteiger partial charge in [-0.05, 0) is 50.7 Å². The van der Waals surface area contributed by atoms with E-state index in [2.05, 4.69) is 16.3 Å². The second kappa shape index (κ2) is 10.3. The number of nitriles is 1.